The van der Waals surface area contributed by atoms with Crippen molar-refractivity contribution in [2.24, 2.45) is 10.9 Å². The number of methoxy groups -OCH3 is 1. The third kappa shape index (κ3) is 5.97. The lowest BCUT2D eigenvalue weighted by Crippen LogP contribution is -2.49. The number of nitrogens with zero attached hydrogens (tertiary/aromatic N) is 2. The number of benzene rings is 3. The maximum Gasteiger partial charge on any atom is 0.257 e. The third-order valence-corrected chi connectivity index (χ3v) is 5.98. The maximum absolute atomic E-state index is 13.2. The number of ether oxygens (including phenoxy) is 1. The molecule has 0 bridgehead atoms. The standard InChI is InChI=1S/C29H31N3O3/c1-21(31-35-27(30)15-9-12-22-10-5-3-6-11-22)20-26-28(23-13-7-4-8-14-23)32(29(26)33)24-16-18-25(34-2)19-17-24/h3-8,10-11,13-14,16-20,27-28H,9,12,15,30H2,1-2H3. The van der Waals surface area contributed by atoms with Crippen LogP contribution < -0.4 is 15.4 Å². The molecule has 0 aliphatic carbocycles. The van der Waals surface area contributed by atoms with Crippen molar-refractivity contribution >= 4 is 17.3 Å². The predicted molar refractivity (Wildman–Crippen MR) is 139 cm³/mol. The Balaban J connectivity index is 1.43. The molecular weight excluding hydrogens is 438 g/mol. The topological polar surface area (TPSA) is 77.1 Å². The van der Waals surface area contributed by atoms with Gasteiger partial charge in [0.15, 0.2) is 6.23 Å². The summed E-state index contributed by atoms with van der Waals surface area (Å²) in [4.78, 5) is 20.4. The summed E-state index contributed by atoms with van der Waals surface area (Å²) in [6.45, 7) is 1.81. The molecule has 3 aromatic rings. The Morgan fingerprint density at radius 1 is 1.03 bits per heavy atom. The van der Waals surface area contributed by atoms with Crippen LogP contribution in [-0.2, 0) is 16.1 Å². The third-order valence-electron chi connectivity index (χ3n) is 5.98. The Kier molecular flexibility index (Phi) is 7.95. The monoisotopic (exact) mass is 469 g/mol. The Morgan fingerprint density at radius 3 is 2.34 bits per heavy atom. The highest BCUT2D eigenvalue weighted by Crippen LogP contribution is 2.43. The van der Waals surface area contributed by atoms with Crippen molar-refractivity contribution < 1.29 is 14.4 Å². The van der Waals surface area contributed by atoms with Crippen LogP contribution in [0.15, 0.2) is 102 Å². The van der Waals surface area contributed by atoms with Crippen molar-refractivity contribution in [3.63, 3.8) is 0 Å². The fourth-order valence-electron chi connectivity index (χ4n) is 4.17. The molecule has 180 valence electrons. The van der Waals surface area contributed by atoms with Gasteiger partial charge in [-0.25, -0.2) is 0 Å². The van der Waals surface area contributed by atoms with Crippen molar-refractivity contribution in [1.82, 2.24) is 0 Å². The summed E-state index contributed by atoms with van der Waals surface area (Å²) in [6.07, 6.45) is 3.84. The molecule has 2 unspecified atom stereocenters. The van der Waals surface area contributed by atoms with Gasteiger partial charge in [-0.15, -0.1) is 0 Å². The number of hydrogen-bond acceptors (Lipinski definition) is 5. The van der Waals surface area contributed by atoms with Crippen LogP contribution in [0.3, 0.4) is 0 Å². The summed E-state index contributed by atoms with van der Waals surface area (Å²) in [5.41, 5.74) is 10.5. The molecule has 4 rings (SSSR count). The molecular formula is C29H31N3O3. The van der Waals surface area contributed by atoms with Crippen molar-refractivity contribution in [3.8, 4) is 5.75 Å². The first kappa shape index (κ1) is 24.2. The molecule has 1 aliphatic rings. The van der Waals surface area contributed by atoms with Crippen LogP contribution in [0.25, 0.3) is 0 Å². The summed E-state index contributed by atoms with van der Waals surface area (Å²) in [7, 11) is 1.62. The highest BCUT2D eigenvalue weighted by molar-refractivity contribution is 6.18. The molecule has 0 aromatic heterocycles. The van der Waals surface area contributed by atoms with Gasteiger partial charge in [-0.3, -0.25) is 15.4 Å². The van der Waals surface area contributed by atoms with Gasteiger partial charge in [-0.2, -0.15) is 0 Å². The minimum Gasteiger partial charge on any atom is -0.497 e. The van der Waals surface area contributed by atoms with Crippen molar-refractivity contribution in [2.45, 2.75) is 38.5 Å². The van der Waals surface area contributed by atoms with Gasteiger partial charge in [-0.05, 0) is 61.2 Å². The van der Waals surface area contributed by atoms with E-state index in [1.165, 1.54) is 5.56 Å². The Labute approximate surface area is 206 Å². The SMILES string of the molecule is COc1ccc(N2C(=O)C(=CC(C)=NOC(N)CCCc3ccccc3)C2c2ccccc2)cc1. The molecule has 6 heteroatoms. The number of allylic oxidation sites excluding steroid dienone is 1. The van der Waals surface area contributed by atoms with E-state index in [9.17, 15) is 4.79 Å². The van der Waals surface area contributed by atoms with Gasteiger partial charge >= 0.3 is 0 Å². The van der Waals surface area contributed by atoms with Crippen LogP contribution >= 0.6 is 0 Å². The van der Waals surface area contributed by atoms with E-state index in [0.717, 1.165) is 29.8 Å². The zero-order valence-electron chi connectivity index (χ0n) is 20.1. The van der Waals surface area contributed by atoms with Crippen molar-refractivity contribution in [1.29, 1.82) is 0 Å². The van der Waals surface area contributed by atoms with Gasteiger partial charge in [0.05, 0.1) is 18.9 Å². The lowest BCUT2D eigenvalue weighted by atomic mass is 9.86. The molecule has 3 aromatic carbocycles. The Morgan fingerprint density at radius 2 is 1.69 bits per heavy atom. The van der Waals surface area contributed by atoms with Crippen LogP contribution in [0.4, 0.5) is 5.69 Å². The van der Waals surface area contributed by atoms with Crippen molar-refractivity contribution in [2.75, 3.05) is 12.0 Å². The molecule has 0 saturated carbocycles. The molecule has 2 atom stereocenters. The molecule has 35 heavy (non-hydrogen) atoms. The summed E-state index contributed by atoms with van der Waals surface area (Å²) < 4.78 is 5.25. The van der Waals surface area contributed by atoms with Gasteiger partial charge in [-0.1, -0.05) is 65.8 Å². The van der Waals surface area contributed by atoms with Crippen molar-refractivity contribution in [3.05, 3.63) is 108 Å². The fraction of sp³-hybridized carbons (Fsp3) is 0.241. The average molecular weight is 470 g/mol. The van der Waals surface area contributed by atoms with E-state index < -0.39 is 6.23 Å². The quantitative estimate of drug-likeness (QED) is 0.142. The highest BCUT2D eigenvalue weighted by Gasteiger charge is 2.43. The van der Waals surface area contributed by atoms with E-state index in [-0.39, 0.29) is 11.9 Å². The van der Waals surface area contributed by atoms with E-state index in [1.807, 2.05) is 79.7 Å². The van der Waals surface area contributed by atoms with E-state index in [1.54, 1.807) is 18.1 Å². The zero-order valence-corrected chi connectivity index (χ0v) is 20.1. The first-order valence-electron chi connectivity index (χ1n) is 11.8. The predicted octanol–water partition coefficient (Wildman–Crippen LogP) is 5.41. The van der Waals surface area contributed by atoms with Crippen LogP contribution in [0.1, 0.15) is 36.9 Å². The number of nitrogens with two attached hydrogens (primary N) is 1. The van der Waals surface area contributed by atoms with Gasteiger partial charge in [0.2, 0.25) is 0 Å². The normalized spacial score (nSPS) is 17.7. The lowest BCUT2D eigenvalue weighted by Gasteiger charge is -2.43. The molecule has 2 N–H and O–H groups in total. The lowest BCUT2D eigenvalue weighted by molar-refractivity contribution is -0.119. The number of rotatable bonds is 10. The molecule has 1 fully saturated rings. The molecule has 0 radical (unpaired) electrons. The van der Waals surface area contributed by atoms with Crippen LogP contribution in [-0.4, -0.2) is 25.0 Å². The van der Waals surface area contributed by atoms with Crippen LogP contribution in [0.5, 0.6) is 5.75 Å². The Hall–Kier alpha value is -3.90. The molecule has 1 heterocycles. The second kappa shape index (κ2) is 11.5. The van der Waals surface area contributed by atoms with Gasteiger partial charge in [0.25, 0.3) is 5.91 Å². The summed E-state index contributed by atoms with van der Waals surface area (Å²) in [5, 5.41) is 4.18. The second-order valence-corrected chi connectivity index (χ2v) is 8.54. The maximum atomic E-state index is 13.2. The molecule has 0 spiro atoms. The molecule has 6 nitrogen and oxygen atoms in total. The second-order valence-electron chi connectivity index (χ2n) is 8.54. The minimum absolute atomic E-state index is 0.0641. The number of carbonyl (C=O) groups excluding carboxylic acids is 1. The first-order valence-corrected chi connectivity index (χ1v) is 11.8. The summed E-state index contributed by atoms with van der Waals surface area (Å²) in [5.74, 6) is 0.680. The van der Waals surface area contributed by atoms with Gasteiger partial charge in [0.1, 0.15) is 5.75 Å². The number of β-lactam (4-membered cyclic amide) rings is 1. The average Bonchev–Trinajstić information content (AvgIpc) is 2.90. The zero-order chi connectivity index (χ0) is 24.6. The summed E-state index contributed by atoms with van der Waals surface area (Å²) >= 11 is 0. The number of hydrogen-bond donors (Lipinski definition) is 1. The van der Waals surface area contributed by atoms with Crippen LogP contribution in [0.2, 0.25) is 0 Å². The first-order chi connectivity index (χ1) is 17.1. The fourth-order valence-corrected chi connectivity index (χ4v) is 4.17. The number of amides is 1. The van der Waals surface area contributed by atoms with E-state index in [0.29, 0.717) is 17.7 Å². The van der Waals surface area contributed by atoms with Gasteiger partial charge < -0.3 is 9.57 Å². The molecule has 1 amide bonds. The number of carbonyl (C=O) groups is 1. The van der Waals surface area contributed by atoms with E-state index >= 15 is 0 Å². The largest absolute Gasteiger partial charge is 0.497 e. The van der Waals surface area contributed by atoms with E-state index in [2.05, 4.69) is 17.3 Å². The minimum atomic E-state index is -0.495. The highest BCUT2D eigenvalue weighted by atomic mass is 16.6. The van der Waals surface area contributed by atoms with Crippen LogP contribution in [0, 0.1) is 0 Å². The number of oxime groups is 1. The van der Waals surface area contributed by atoms with E-state index in [4.69, 9.17) is 15.3 Å². The van der Waals surface area contributed by atoms with Gasteiger partial charge in [0, 0.05) is 17.7 Å². The number of aryl methyl sites for hydroxylation is 1. The number of anilines is 1. The Bertz CT molecular complexity index is 1170. The molecule has 1 saturated heterocycles. The molecule has 1 aliphatic heterocycles. The smallest absolute Gasteiger partial charge is 0.257 e. The summed E-state index contributed by atoms with van der Waals surface area (Å²) in [6, 6.07) is 27.5.